The average molecular weight is 213 g/mol. The minimum absolute atomic E-state index is 0.529. The van der Waals surface area contributed by atoms with Gasteiger partial charge in [0.15, 0.2) is 0 Å². The molecule has 84 valence electrons. The molecule has 0 amide bonds. The van der Waals surface area contributed by atoms with Crippen molar-refractivity contribution in [3.05, 3.63) is 41.7 Å². The highest BCUT2D eigenvalue weighted by Gasteiger charge is 2.07. The summed E-state index contributed by atoms with van der Waals surface area (Å²) in [5.41, 5.74) is 2.73. The van der Waals surface area contributed by atoms with Crippen molar-refractivity contribution in [1.82, 2.24) is 4.98 Å². The first-order chi connectivity index (χ1) is 7.59. The van der Waals surface area contributed by atoms with E-state index in [-0.39, 0.29) is 0 Å². The first-order valence-corrected chi connectivity index (χ1v) is 5.97. The molecule has 1 nitrogen and oxygen atoms in total. The Morgan fingerprint density at radius 3 is 2.31 bits per heavy atom. The lowest BCUT2D eigenvalue weighted by atomic mass is 9.95. The van der Waals surface area contributed by atoms with E-state index in [4.69, 9.17) is 0 Å². The fourth-order valence-electron chi connectivity index (χ4n) is 2.04. The second kappa shape index (κ2) is 4.25. The van der Waals surface area contributed by atoms with E-state index in [1.165, 1.54) is 21.9 Å². The number of pyridine rings is 1. The van der Waals surface area contributed by atoms with Gasteiger partial charge >= 0.3 is 0 Å². The van der Waals surface area contributed by atoms with Crippen LogP contribution < -0.4 is 0 Å². The van der Waals surface area contributed by atoms with Crippen molar-refractivity contribution >= 4 is 10.8 Å². The third kappa shape index (κ3) is 1.95. The molecule has 1 aromatic carbocycles. The molecule has 0 unspecified atom stereocenters. The lowest BCUT2D eigenvalue weighted by molar-refractivity contribution is 0.862. The van der Waals surface area contributed by atoms with Gasteiger partial charge in [0.1, 0.15) is 0 Å². The largest absolute Gasteiger partial charge is 0.264 e. The molecule has 1 heteroatoms. The van der Waals surface area contributed by atoms with Crippen molar-refractivity contribution in [3.8, 4) is 0 Å². The average Bonchev–Trinajstić information content (AvgIpc) is 2.27. The van der Waals surface area contributed by atoms with Gasteiger partial charge < -0.3 is 0 Å². The predicted octanol–water partition coefficient (Wildman–Crippen LogP) is 4.48. The number of aromatic nitrogens is 1. The molecule has 0 saturated heterocycles. The molecule has 0 N–H and O–H groups in total. The standard InChI is InChI=1S/C15H19N/c1-10(2)12-5-6-14-13(7-12)8-16-9-15(14)11(3)4/h5-11H,1-4H3. The van der Waals surface area contributed by atoms with Crippen molar-refractivity contribution in [2.24, 2.45) is 0 Å². The first kappa shape index (κ1) is 11.1. The van der Waals surface area contributed by atoms with Crippen LogP contribution in [0.1, 0.15) is 50.7 Å². The number of nitrogens with zero attached hydrogens (tertiary/aromatic N) is 1. The minimum atomic E-state index is 0.529. The van der Waals surface area contributed by atoms with Gasteiger partial charge in [0, 0.05) is 17.8 Å². The fraction of sp³-hybridized carbons (Fsp3) is 0.400. The second-order valence-electron chi connectivity index (χ2n) is 5.02. The molecule has 0 atom stereocenters. The summed E-state index contributed by atoms with van der Waals surface area (Å²) in [5.74, 6) is 1.10. The Morgan fingerprint density at radius 2 is 1.69 bits per heavy atom. The summed E-state index contributed by atoms with van der Waals surface area (Å²) < 4.78 is 0. The molecule has 0 radical (unpaired) electrons. The topological polar surface area (TPSA) is 12.9 Å². The normalized spacial score (nSPS) is 11.6. The van der Waals surface area contributed by atoms with Gasteiger partial charge in [-0.05, 0) is 34.4 Å². The van der Waals surface area contributed by atoms with Gasteiger partial charge in [0.2, 0.25) is 0 Å². The zero-order valence-electron chi connectivity index (χ0n) is 10.5. The molecule has 0 aliphatic carbocycles. The van der Waals surface area contributed by atoms with E-state index >= 15 is 0 Å². The quantitative estimate of drug-likeness (QED) is 0.716. The second-order valence-corrected chi connectivity index (χ2v) is 5.02. The van der Waals surface area contributed by atoms with Gasteiger partial charge in [0.25, 0.3) is 0 Å². The number of rotatable bonds is 2. The molecular formula is C15H19N. The summed E-state index contributed by atoms with van der Waals surface area (Å²) in [7, 11) is 0. The lowest BCUT2D eigenvalue weighted by Crippen LogP contribution is -1.93. The van der Waals surface area contributed by atoms with Crippen LogP contribution in [0.25, 0.3) is 10.8 Å². The summed E-state index contributed by atoms with van der Waals surface area (Å²) in [6, 6.07) is 6.74. The zero-order chi connectivity index (χ0) is 11.7. The molecule has 2 aromatic rings. The monoisotopic (exact) mass is 213 g/mol. The highest BCUT2D eigenvalue weighted by molar-refractivity contribution is 5.85. The summed E-state index contributed by atoms with van der Waals surface area (Å²) in [4.78, 5) is 4.33. The lowest BCUT2D eigenvalue weighted by Gasteiger charge is -2.11. The zero-order valence-corrected chi connectivity index (χ0v) is 10.5. The van der Waals surface area contributed by atoms with Crippen LogP contribution in [0.5, 0.6) is 0 Å². The molecule has 1 heterocycles. The highest BCUT2D eigenvalue weighted by atomic mass is 14.6. The third-order valence-corrected chi connectivity index (χ3v) is 3.10. The maximum atomic E-state index is 4.33. The van der Waals surface area contributed by atoms with Crippen LogP contribution >= 0.6 is 0 Å². The molecule has 0 fully saturated rings. The van der Waals surface area contributed by atoms with E-state index in [0.29, 0.717) is 11.8 Å². The van der Waals surface area contributed by atoms with Gasteiger partial charge in [-0.25, -0.2) is 0 Å². The Kier molecular flexibility index (Phi) is 2.95. The van der Waals surface area contributed by atoms with Crippen LogP contribution in [0.15, 0.2) is 30.6 Å². The molecule has 0 spiro atoms. The fourth-order valence-corrected chi connectivity index (χ4v) is 2.04. The molecule has 0 aliphatic rings. The Hall–Kier alpha value is -1.37. The van der Waals surface area contributed by atoms with E-state index < -0.39 is 0 Å². The molecule has 0 bridgehead atoms. The van der Waals surface area contributed by atoms with Crippen LogP contribution in [0.2, 0.25) is 0 Å². The Morgan fingerprint density at radius 1 is 0.938 bits per heavy atom. The summed E-state index contributed by atoms with van der Waals surface area (Å²) in [6.45, 7) is 8.88. The number of benzene rings is 1. The maximum Gasteiger partial charge on any atom is 0.0346 e. The van der Waals surface area contributed by atoms with Gasteiger partial charge in [-0.15, -0.1) is 0 Å². The third-order valence-electron chi connectivity index (χ3n) is 3.10. The molecule has 2 rings (SSSR count). The van der Waals surface area contributed by atoms with E-state index in [1.54, 1.807) is 0 Å². The highest BCUT2D eigenvalue weighted by Crippen LogP contribution is 2.27. The SMILES string of the molecule is CC(C)c1ccc2c(C(C)C)cncc2c1. The van der Waals surface area contributed by atoms with Crippen molar-refractivity contribution in [2.45, 2.75) is 39.5 Å². The minimum Gasteiger partial charge on any atom is -0.264 e. The first-order valence-electron chi connectivity index (χ1n) is 5.97. The van der Waals surface area contributed by atoms with Crippen LogP contribution in [0.3, 0.4) is 0 Å². The van der Waals surface area contributed by atoms with Crippen LogP contribution in [0.4, 0.5) is 0 Å². The molecule has 16 heavy (non-hydrogen) atoms. The Bertz CT molecular complexity index is 498. The number of hydrogen-bond acceptors (Lipinski definition) is 1. The summed E-state index contributed by atoms with van der Waals surface area (Å²) in [6.07, 6.45) is 3.95. The van der Waals surface area contributed by atoms with Crippen LogP contribution in [-0.2, 0) is 0 Å². The van der Waals surface area contributed by atoms with E-state index in [0.717, 1.165) is 0 Å². The Labute approximate surface area is 97.5 Å². The summed E-state index contributed by atoms with van der Waals surface area (Å²) >= 11 is 0. The van der Waals surface area contributed by atoms with E-state index in [2.05, 4.69) is 50.9 Å². The van der Waals surface area contributed by atoms with Crippen molar-refractivity contribution in [2.75, 3.05) is 0 Å². The van der Waals surface area contributed by atoms with Gasteiger partial charge in [0.05, 0.1) is 0 Å². The predicted molar refractivity (Wildman–Crippen MR) is 69.9 cm³/mol. The smallest absolute Gasteiger partial charge is 0.0346 e. The summed E-state index contributed by atoms with van der Waals surface area (Å²) in [5, 5.41) is 2.60. The number of hydrogen-bond donors (Lipinski definition) is 0. The van der Waals surface area contributed by atoms with Gasteiger partial charge in [-0.3, -0.25) is 4.98 Å². The van der Waals surface area contributed by atoms with Crippen molar-refractivity contribution in [3.63, 3.8) is 0 Å². The molecule has 0 aliphatic heterocycles. The van der Waals surface area contributed by atoms with E-state index in [1.807, 2.05) is 12.4 Å². The van der Waals surface area contributed by atoms with Gasteiger partial charge in [-0.1, -0.05) is 39.8 Å². The van der Waals surface area contributed by atoms with Crippen molar-refractivity contribution < 1.29 is 0 Å². The van der Waals surface area contributed by atoms with E-state index in [9.17, 15) is 0 Å². The van der Waals surface area contributed by atoms with Crippen LogP contribution in [0, 0.1) is 0 Å². The Balaban J connectivity index is 2.64. The molecule has 0 saturated carbocycles. The number of fused-ring (bicyclic) bond motifs is 1. The maximum absolute atomic E-state index is 4.33. The van der Waals surface area contributed by atoms with Crippen LogP contribution in [-0.4, -0.2) is 4.98 Å². The van der Waals surface area contributed by atoms with Crippen molar-refractivity contribution in [1.29, 1.82) is 0 Å². The van der Waals surface area contributed by atoms with Gasteiger partial charge in [-0.2, -0.15) is 0 Å². The molecule has 1 aromatic heterocycles. The molecular weight excluding hydrogens is 194 g/mol.